The molecule has 1 amide bonds. The van der Waals surface area contributed by atoms with Gasteiger partial charge in [-0.15, -0.1) is 12.4 Å². The highest BCUT2D eigenvalue weighted by Gasteiger charge is 2.27. The lowest BCUT2D eigenvalue weighted by Gasteiger charge is -2.22. The summed E-state index contributed by atoms with van der Waals surface area (Å²) in [6.07, 6.45) is 1.49. The second-order valence-corrected chi connectivity index (χ2v) is 5.93. The van der Waals surface area contributed by atoms with Crippen molar-refractivity contribution in [3.8, 4) is 17.2 Å². The molecule has 5 nitrogen and oxygen atoms in total. The van der Waals surface area contributed by atoms with Gasteiger partial charge in [0.2, 0.25) is 5.91 Å². The van der Waals surface area contributed by atoms with E-state index in [2.05, 4.69) is 5.32 Å². The molecule has 2 aromatic carbocycles. The molecule has 0 saturated carbocycles. The fourth-order valence-corrected chi connectivity index (χ4v) is 2.31. The molecule has 1 atom stereocenters. The van der Waals surface area contributed by atoms with E-state index >= 15 is 0 Å². The van der Waals surface area contributed by atoms with Crippen LogP contribution in [-0.4, -0.2) is 18.6 Å². The predicted octanol–water partition coefficient (Wildman–Crippen LogP) is 4.37. The average molecular weight is 365 g/mol. The van der Waals surface area contributed by atoms with Crippen LogP contribution in [0.3, 0.4) is 0 Å². The summed E-state index contributed by atoms with van der Waals surface area (Å²) in [4.78, 5) is 12.2. The fraction of sp³-hybridized carbons (Fsp3) is 0.316. The van der Waals surface area contributed by atoms with Crippen LogP contribution >= 0.6 is 12.4 Å². The van der Waals surface area contributed by atoms with Gasteiger partial charge in [0, 0.05) is 11.8 Å². The first-order valence-corrected chi connectivity index (χ1v) is 7.97. The van der Waals surface area contributed by atoms with Crippen LogP contribution in [0, 0.1) is 0 Å². The molecule has 0 bridgehead atoms. The van der Waals surface area contributed by atoms with E-state index in [1.54, 1.807) is 44.4 Å². The molecule has 0 radical (unpaired) electrons. The summed E-state index contributed by atoms with van der Waals surface area (Å²) in [7, 11) is 1.61. The van der Waals surface area contributed by atoms with E-state index < -0.39 is 5.54 Å². The number of carbonyl (C=O) groups excluding carboxylic acids is 1. The number of methoxy groups -OCH3 is 1. The van der Waals surface area contributed by atoms with Crippen LogP contribution in [-0.2, 0) is 4.79 Å². The molecule has 3 N–H and O–H groups in total. The highest BCUT2D eigenvalue weighted by molar-refractivity contribution is 5.97. The first-order valence-electron chi connectivity index (χ1n) is 7.97. The molecule has 0 fully saturated rings. The summed E-state index contributed by atoms with van der Waals surface area (Å²) in [5.74, 6) is 1.90. The van der Waals surface area contributed by atoms with Crippen LogP contribution < -0.4 is 20.5 Å². The third-order valence-corrected chi connectivity index (χ3v) is 3.68. The number of benzene rings is 2. The third kappa shape index (κ3) is 5.96. The lowest BCUT2D eigenvalue weighted by molar-refractivity contribution is -0.120. The van der Waals surface area contributed by atoms with Gasteiger partial charge in [-0.2, -0.15) is 0 Å². The van der Waals surface area contributed by atoms with E-state index in [-0.39, 0.29) is 18.3 Å². The largest absolute Gasteiger partial charge is 0.497 e. The Balaban J connectivity index is 0.00000312. The zero-order valence-electron chi connectivity index (χ0n) is 14.7. The molecule has 0 aliphatic rings. The summed E-state index contributed by atoms with van der Waals surface area (Å²) in [6, 6.07) is 14.5. The number of hydrogen-bond acceptors (Lipinski definition) is 4. The topological polar surface area (TPSA) is 73.6 Å². The molecule has 6 heteroatoms. The molecule has 0 aliphatic carbocycles. The SMILES string of the molecule is CCCC(C)(N)C(=O)Nc1ccc(Oc2cccc(OC)c2)cc1.Cl. The van der Waals surface area contributed by atoms with Crippen LogP contribution in [0.4, 0.5) is 5.69 Å². The van der Waals surface area contributed by atoms with Crippen molar-refractivity contribution in [2.24, 2.45) is 5.73 Å². The van der Waals surface area contributed by atoms with Gasteiger partial charge in [0.15, 0.2) is 0 Å². The second-order valence-electron chi connectivity index (χ2n) is 5.93. The van der Waals surface area contributed by atoms with E-state index in [1.807, 2.05) is 25.1 Å². The average Bonchev–Trinajstić information content (AvgIpc) is 2.56. The first-order chi connectivity index (χ1) is 11.4. The quantitative estimate of drug-likeness (QED) is 0.765. The van der Waals surface area contributed by atoms with Crippen molar-refractivity contribution in [3.63, 3.8) is 0 Å². The van der Waals surface area contributed by atoms with Crippen molar-refractivity contribution in [3.05, 3.63) is 48.5 Å². The Labute approximate surface area is 154 Å². The Bertz CT molecular complexity index is 687. The molecule has 0 aromatic heterocycles. The highest BCUT2D eigenvalue weighted by Crippen LogP contribution is 2.26. The molecule has 2 aromatic rings. The fourth-order valence-electron chi connectivity index (χ4n) is 2.31. The van der Waals surface area contributed by atoms with Crippen molar-refractivity contribution >= 4 is 24.0 Å². The minimum absolute atomic E-state index is 0. The minimum atomic E-state index is -0.871. The van der Waals surface area contributed by atoms with Crippen LogP contribution in [0.25, 0.3) is 0 Å². The molecule has 0 heterocycles. The van der Waals surface area contributed by atoms with Gasteiger partial charge >= 0.3 is 0 Å². The van der Waals surface area contributed by atoms with Crippen molar-refractivity contribution in [2.75, 3.05) is 12.4 Å². The van der Waals surface area contributed by atoms with Gasteiger partial charge in [-0.3, -0.25) is 4.79 Å². The number of halogens is 1. The maximum absolute atomic E-state index is 12.2. The van der Waals surface area contributed by atoms with Crippen molar-refractivity contribution in [1.82, 2.24) is 0 Å². The van der Waals surface area contributed by atoms with Gasteiger partial charge in [0.1, 0.15) is 17.2 Å². The van der Waals surface area contributed by atoms with Crippen molar-refractivity contribution < 1.29 is 14.3 Å². The molecular weight excluding hydrogens is 340 g/mol. The summed E-state index contributed by atoms with van der Waals surface area (Å²) >= 11 is 0. The Morgan fingerprint density at radius 3 is 2.36 bits per heavy atom. The van der Waals surface area contributed by atoms with Crippen molar-refractivity contribution in [2.45, 2.75) is 32.2 Å². The van der Waals surface area contributed by atoms with Crippen LogP contribution in [0.15, 0.2) is 48.5 Å². The molecule has 0 saturated heterocycles. The number of nitrogens with one attached hydrogen (secondary N) is 1. The Kier molecular flexibility index (Phi) is 7.74. The molecule has 25 heavy (non-hydrogen) atoms. The monoisotopic (exact) mass is 364 g/mol. The maximum Gasteiger partial charge on any atom is 0.244 e. The third-order valence-electron chi connectivity index (χ3n) is 3.68. The second kappa shape index (κ2) is 9.30. The van der Waals surface area contributed by atoms with Gasteiger partial charge in [-0.25, -0.2) is 0 Å². The van der Waals surface area contributed by atoms with Crippen LogP contribution in [0.2, 0.25) is 0 Å². The van der Waals surface area contributed by atoms with Crippen LogP contribution in [0.5, 0.6) is 17.2 Å². The lowest BCUT2D eigenvalue weighted by atomic mass is 9.96. The number of ether oxygens (including phenoxy) is 2. The maximum atomic E-state index is 12.2. The number of carbonyl (C=O) groups is 1. The zero-order valence-corrected chi connectivity index (χ0v) is 15.6. The van der Waals surface area contributed by atoms with E-state index in [4.69, 9.17) is 15.2 Å². The molecule has 2 rings (SSSR count). The van der Waals surface area contributed by atoms with Crippen LogP contribution in [0.1, 0.15) is 26.7 Å². The summed E-state index contributed by atoms with van der Waals surface area (Å²) in [6.45, 7) is 3.75. The summed E-state index contributed by atoms with van der Waals surface area (Å²) in [5.41, 5.74) is 5.84. The van der Waals surface area contributed by atoms with Gasteiger partial charge in [0.05, 0.1) is 12.6 Å². The van der Waals surface area contributed by atoms with Crippen molar-refractivity contribution in [1.29, 1.82) is 0 Å². The number of nitrogens with two attached hydrogens (primary N) is 1. The molecule has 136 valence electrons. The standard InChI is InChI=1S/C19H24N2O3.ClH/c1-4-12-19(2,20)18(22)21-14-8-10-15(11-9-14)24-17-7-5-6-16(13-17)23-3;/h5-11,13H,4,12,20H2,1-3H3,(H,21,22);1H. The first kappa shape index (κ1) is 20.8. The summed E-state index contributed by atoms with van der Waals surface area (Å²) in [5, 5.41) is 2.84. The Morgan fingerprint density at radius 2 is 1.76 bits per heavy atom. The van der Waals surface area contributed by atoms with E-state index in [0.29, 0.717) is 23.6 Å². The normalized spacial score (nSPS) is 12.5. The van der Waals surface area contributed by atoms with Gasteiger partial charge in [0.25, 0.3) is 0 Å². The molecular formula is C19H25ClN2O3. The Hall–Kier alpha value is -2.24. The molecule has 0 aliphatic heterocycles. The van der Waals surface area contributed by atoms with E-state index in [0.717, 1.165) is 12.2 Å². The number of rotatable bonds is 7. The zero-order chi connectivity index (χ0) is 17.6. The van der Waals surface area contributed by atoms with Gasteiger partial charge in [-0.05, 0) is 49.7 Å². The minimum Gasteiger partial charge on any atom is -0.497 e. The summed E-state index contributed by atoms with van der Waals surface area (Å²) < 4.78 is 10.9. The number of anilines is 1. The van der Waals surface area contributed by atoms with Gasteiger partial charge < -0.3 is 20.5 Å². The number of amides is 1. The lowest BCUT2D eigenvalue weighted by Crippen LogP contribution is -2.48. The number of hydrogen-bond donors (Lipinski definition) is 2. The molecule has 0 spiro atoms. The molecule has 1 unspecified atom stereocenters. The highest BCUT2D eigenvalue weighted by atomic mass is 35.5. The smallest absolute Gasteiger partial charge is 0.244 e. The van der Waals surface area contributed by atoms with E-state index in [1.165, 1.54) is 0 Å². The van der Waals surface area contributed by atoms with E-state index in [9.17, 15) is 4.79 Å². The predicted molar refractivity (Wildman–Crippen MR) is 103 cm³/mol. The Morgan fingerprint density at radius 1 is 1.12 bits per heavy atom. The van der Waals surface area contributed by atoms with Gasteiger partial charge in [-0.1, -0.05) is 19.4 Å².